The number of rotatable bonds is 1. The van der Waals surface area contributed by atoms with Crippen LogP contribution in [0.2, 0.25) is 0 Å². The molecule has 20 heavy (non-hydrogen) atoms. The van der Waals surface area contributed by atoms with Crippen molar-refractivity contribution < 1.29 is 9.90 Å². The molecule has 0 bridgehead atoms. The molecule has 106 valence electrons. The molecule has 8 heteroatoms. The summed E-state index contributed by atoms with van der Waals surface area (Å²) >= 11 is 0. The van der Waals surface area contributed by atoms with Gasteiger partial charge in [-0.1, -0.05) is 0 Å². The van der Waals surface area contributed by atoms with Crippen LogP contribution in [0.25, 0.3) is 5.65 Å². The molecule has 3 heterocycles. The lowest BCUT2D eigenvalue weighted by molar-refractivity contribution is 0.142. The van der Waals surface area contributed by atoms with E-state index in [0.717, 1.165) is 11.5 Å². The molecule has 0 atom stereocenters. The number of nitrogens with zero attached hydrogens (tertiary/aromatic N) is 5. The van der Waals surface area contributed by atoms with E-state index in [4.69, 9.17) is 10.8 Å². The number of anilines is 2. The minimum atomic E-state index is -0.876. The van der Waals surface area contributed by atoms with Crippen LogP contribution >= 0.6 is 0 Å². The third-order valence-electron chi connectivity index (χ3n) is 3.44. The number of nitrogen functional groups attached to an aromatic ring is 1. The average Bonchev–Trinajstić information content (AvgIpc) is 2.80. The van der Waals surface area contributed by atoms with Crippen LogP contribution < -0.4 is 10.6 Å². The molecule has 3 N–H and O–H groups in total. The molecule has 1 fully saturated rings. The number of aryl methyl sites for hydroxylation is 1. The quantitative estimate of drug-likeness (QED) is 0.783. The maximum absolute atomic E-state index is 10.9. The molecule has 0 aliphatic carbocycles. The molecule has 1 amide bonds. The Morgan fingerprint density at radius 3 is 2.65 bits per heavy atom. The standard InChI is InChI=1S/C12H16N6O2/c1-8-6-11-14-10(7-9(13)18(11)15-8)16-2-4-17(5-3-16)12(19)20/h6-7H,2-5,13H2,1H3,(H,19,20). The third-order valence-corrected chi connectivity index (χ3v) is 3.44. The van der Waals surface area contributed by atoms with Gasteiger partial charge in [-0.2, -0.15) is 9.61 Å². The molecule has 0 unspecified atom stereocenters. The summed E-state index contributed by atoms with van der Waals surface area (Å²) in [6.45, 7) is 4.06. The zero-order chi connectivity index (χ0) is 14.3. The van der Waals surface area contributed by atoms with E-state index in [1.807, 2.05) is 17.9 Å². The molecule has 3 rings (SSSR count). The third kappa shape index (κ3) is 2.09. The van der Waals surface area contributed by atoms with Gasteiger partial charge >= 0.3 is 6.09 Å². The van der Waals surface area contributed by atoms with Crippen LogP contribution in [-0.2, 0) is 0 Å². The van der Waals surface area contributed by atoms with Crippen LogP contribution in [0.3, 0.4) is 0 Å². The number of piperazine rings is 1. The Hall–Kier alpha value is -2.51. The van der Waals surface area contributed by atoms with Gasteiger partial charge < -0.3 is 20.6 Å². The predicted molar refractivity (Wildman–Crippen MR) is 73.9 cm³/mol. The number of carboxylic acid groups (broad SMARTS) is 1. The topological polar surface area (TPSA) is 100.0 Å². The normalized spacial score (nSPS) is 15.8. The van der Waals surface area contributed by atoms with Crippen molar-refractivity contribution in [2.45, 2.75) is 6.92 Å². The highest BCUT2D eigenvalue weighted by atomic mass is 16.4. The van der Waals surface area contributed by atoms with Crippen molar-refractivity contribution in [2.24, 2.45) is 0 Å². The van der Waals surface area contributed by atoms with Gasteiger partial charge in [0.05, 0.1) is 5.69 Å². The monoisotopic (exact) mass is 276 g/mol. The molecule has 1 aliphatic heterocycles. The molecule has 2 aromatic heterocycles. The first-order valence-corrected chi connectivity index (χ1v) is 6.40. The Morgan fingerprint density at radius 1 is 1.30 bits per heavy atom. The second kappa shape index (κ2) is 4.55. The van der Waals surface area contributed by atoms with Crippen LogP contribution in [-0.4, -0.2) is 56.9 Å². The van der Waals surface area contributed by atoms with Crippen molar-refractivity contribution in [3.63, 3.8) is 0 Å². The van der Waals surface area contributed by atoms with Crippen LogP contribution in [0, 0.1) is 6.92 Å². The van der Waals surface area contributed by atoms with Crippen LogP contribution in [0.1, 0.15) is 5.69 Å². The van der Waals surface area contributed by atoms with E-state index in [-0.39, 0.29) is 0 Å². The van der Waals surface area contributed by atoms with Crippen molar-refractivity contribution in [2.75, 3.05) is 36.8 Å². The minimum absolute atomic E-state index is 0.473. The Bertz CT molecular complexity index is 659. The Labute approximate surface area is 115 Å². The average molecular weight is 276 g/mol. The second-order valence-electron chi connectivity index (χ2n) is 4.85. The Kier molecular flexibility index (Phi) is 2.85. The minimum Gasteiger partial charge on any atom is -0.465 e. The van der Waals surface area contributed by atoms with E-state index in [9.17, 15) is 4.79 Å². The maximum atomic E-state index is 10.9. The number of hydrogen-bond acceptors (Lipinski definition) is 5. The molecule has 1 aliphatic rings. The van der Waals surface area contributed by atoms with Gasteiger partial charge in [-0.25, -0.2) is 9.78 Å². The van der Waals surface area contributed by atoms with Gasteiger partial charge in [0, 0.05) is 38.3 Å². The van der Waals surface area contributed by atoms with Gasteiger partial charge in [0.1, 0.15) is 11.6 Å². The van der Waals surface area contributed by atoms with Crippen molar-refractivity contribution in [1.82, 2.24) is 19.5 Å². The van der Waals surface area contributed by atoms with E-state index in [1.54, 1.807) is 10.6 Å². The first kappa shape index (κ1) is 12.5. The summed E-state index contributed by atoms with van der Waals surface area (Å²) in [5, 5.41) is 13.2. The Balaban J connectivity index is 1.86. The summed E-state index contributed by atoms with van der Waals surface area (Å²) in [6, 6.07) is 3.64. The van der Waals surface area contributed by atoms with Crippen molar-refractivity contribution in [3.05, 3.63) is 17.8 Å². The fourth-order valence-electron chi connectivity index (χ4n) is 2.39. The van der Waals surface area contributed by atoms with Crippen molar-refractivity contribution in [1.29, 1.82) is 0 Å². The van der Waals surface area contributed by atoms with E-state index < -0.39 is 6.09 Å². The molecular weight excluding hydrogens is 260 g/mol. The number of carbonyl (C=O) groups is 1. The molecule has 0 radical (unpaired) electrons. The summed E-state index contributed by atoms with van der Waals surface area (Å²) in [5.41, 5.74) is 7.55. The van der Waals surface area contributed by atoms with E-state index in [0.29, 0.717) is 37.6 Å². The van der Waals surface area contributed by atoms with Crippen LogP contribution in [0.15, 0.2) is 12.1 Å². The number of nitrogens with two attached hydrogens (primary N) is 1. The van der Waals surface area contributed by atoms with Crippen molar-refractivity contribution >= 4 is 23.4 Å². The van der Waals surface area contributed by atoms with Gasteiger partial charge in [0.2, 0.25) is 0 Å². The lowest BCUT2D eigenvalue weighted by atomic mass is 10.3. The summed E-state index contributed by atoms with van der Waals surface area (Å²) in [7, 11) is 0. The van der Waals surface area contributed by atoms with E-state index in [2.05, 4.69) is 10.1 Å². The number of amides is 1. The molecule has 1 saturated heterocycles. The summed E-state index contributed by atoms with van der Waals surface area (Å²) in [4.78, 5) is 18.9. The summed E-state index contributed by atoms with van der Waals surface area (Å²) < 4.78 is 1.60. The number of fused-ring (bicyclic) bond motifs is 1. The molecule has 8 nitrogen and oxygen atoms in total. The fourth-order valence-corrected chi connectivity index (χ4v) is 2.39. The second-order valence-corrected chi connectivity index (χ2v) is 4.85. The SMILES string of the molecule is Cc1cc2nc(N3CCN(C(=O)O)CC3)cc(N)n2n1. The smallest absolute Gasteiger partial charge is 0.407 e. The van der Waals surface area contributed by atoms with Gasteiger partial charge in [0.15, 0.2) is 5.65 Å². The van der Waals surface area contributed by atoms with E-state index >= 15 is 0 Å². The largest absolute Gasteiger partial charge is 0.465 e. The first-order valence-electron chi connectivity index (χ1n) is 6.40. The molecule has 0 saturated carbocycles. The lowest BCUT2D eigenvalue weighted by Gasteiger charge is -2.33. The lowest BCUT2D eigenvalue weighted by Crippen LogP contribution is -2.48. The highest BCUT2D eigenvalue weighted by Gasteiger charge is 2.22. The first-order chi connectivity index (χ1) is 9.54. The zero-order valence-corrected chi connectivity index (χ0v) is 11.2. The van der Waals surface area contributed by atoms with Gasteiger partial charge in [-0.3, -0.25) is 0 Å². The van der Waals surface area contributed by atoms with Crippen molar-refractivity contribution in [3.8, 4) is 0 Å². The van der Waals surface area contributed by atoms with Crippen LogP contribution in [0.4, 0.5) is 16.4 Å². The summed E-state index contributed by atoms with van der Waals surface area (Å²) in [5.74, 6) is 1.29. The van der Waals surface area contributed by atoms with Gasteiger partial charge in [0.25, 0.3) is 0 Å². The highest BCUT2D eigenvalue weighted by Crippen LogP contribution is 2.19. The van der Waals surface area contributed by atoms with Gasteiger partial charge in [-0.15, -0.1) is 0 Å². The highest BCUT2D eigenvalue weighted by molar-refractivity contribution is 5.65. The summed E-state index contributed by atoms with van der Waals surface area (Å²) in [6.07, 6.45) is -0.876. The molecule has 0 spiro atoms. The number of hydrogen-bond donors (Lipinski definition) is 2. The van der Waals surface area contributed by atoms with Gasteiger partial charge in [-0.05, 0) is 6.92 Å². The fraction of sp³-hybridized carbons (Fsp3) is 0.417. The molecule has 0 aromatic carbocycles. The van der Waals surface area contributed by atoms with Crippen LogP contribution in [0.5, 0.6) is 0 Å². The Morgan fingerprint density at radius 2 is 2.00 bits per heavy atom. The molecular formula is C12H16N6O2. The number of aromatic nitrogens is 3. The zero-order valence-electron chi connectivity index (χ0n) is 11.2. The molecule has 2 aromatic rings. The maximum Gasteiger partial charge on any atom is 0.407 e. The van der Waals surface area contributed by atoms with E-state index in [1.165, 1.54) is 4.90 Å². The predicted octanol–water partition coefficient (Wildman–Crippen LogP) is 0.420.